The largest absolute Gasteiger partial charge is 0.339 e. The molecule has 0 fully saturated rings. The standard InChI is InChI=1S/C21H23N3O2/c1-13(22-2)20(25)23-18-16-10-4-3-9-15(16)17-11-5-7-14-8-6-12-24(19(14)17)21(18)26/h3-5,7,9-11,13,18,22H,6,8,12H2,1-2H3,(H,23,25). The van der Waals surface area contributed by atoms with E-state index in [4.69, 9.17) is 0 Å². The summed E-state index contributed by atoms with van der Waals surface area (Å²) >= 11 is 0. The van der Waals surface area contributed by atoms with Crippen molar-refractivity contribution in [2.24, 2.45) is 0 Å². The molecule has 4 rings (SSSR count). The van der Waals surface area contributed by atoms with Gasteiger partial charge in [-0.2, -0.15) is 0 Å². The first-order valence-electron chi connectivity index (χ1n) is 9.12. The highest BCUT2D eigenvalue weighted by atomic mass is 16.2. The Morgan fingerprint density at radius 1 is 1.15 bits per heavy atom. The lowest BCUT2D eigenvalue weighted by Gasteiger charge is -2.32. The lowest BCUT2D eigenvalue weighted by molar-refractivity contribution is -0.128. The molecule has 0 radical (unpaired) electrons. The predicted octanol–water partition coefficient (Wildman–Crippen LogP) is 2.41. The Morgan fingerprint density at radius 2 is 1.92 bits per heavy atom. The van der Waals surface area contributed by atoms with Gasteiger partial charge in [-0.05, 0) is 43.5 Å². The Bertz CT molecular complexity index is 877. The maximum absolute atomic E-state index is 13.4. The number of likely N-dealkylation sites (N-methyl/N-ethyl adjacent to an activating group) is 1. The van der Waals surface area contributed by atoms with Gasteiger partial charge in [-0.25, -0.2) is 0 Å². The van der Waals surface area contributed by atoms with Crippen molar-refractivity contribution >= 4 is 17.5 Å². The zero-order valence-corrected chi connectivity index (χ0v) is 15.1. The van der Waals surface area contributed by atoms with Crippen LogP contribution in [-0.2, 0) is 16.0 Å². The Morgan fingerprint density at radius 3 is 2.73 bits per heavy atom. The number of aryl methyl sites for hydroxylation is 1. The molecule has 2 N–H and O–H groups in total. The van der Waals surface area contributed by atoms with Crippen LogP contribution in [0.2, 0.25) is 0 Å². The van der Waals surface area contributed by atoms with Crippen molar-refractivity contribution in [2.45, 2.75) is 31.8 Å². The topological polar surface area (TPSA) is 61.4 Å². The minimum atomic E-state index is -0.673. The third-order valence-electron chi connectivity index (χ3n) is 5.41. The number of nitrogens with one attached hydrogen (secondary N) is 2. The molecule has 0 aromatic heterocycles. The number of benzene rings is 2. The molecule has 26 heavy (non-hydrogen) atoms. The van der Waals surface area contributed by atoms with Gasteiger partial charge < -0.3 is 15.5 Å². The average Bonchev–Trinajstić information content (AvgIpc) is 2.78. The zero-order chi connectivity index (χ0) is 18.3. The van der Waals surface area contributed by atoms with E-state index in [1.165, 1.54) is 5.56 Å². The molecule has 0 aliphatic carbocycles. The summed E-state index contributed by atoms with van der Waals surface area (Å²) < 4.78 is 0. The molecular weight excluding hydrogens is 326 g/mol. The first-order valence-corrected chi connectivity index (χ1v) is 9.12. The number of carbonyl (C=O) groups excluding carboxylic acids is 2. The monoisotopic (exact) mass is 349 g/mol. The quantitative estimate of drug-likeness (QED) is 0.895. The molecule has 0 saturated heterocycles. The van der Waals surface area contributed by atoms with Crippen LogP contribution in [0.4, 0.5) is 5.69 Å². The van der Waals surface area contributed by atoms with E-state index in [0.717, 1.165) is 35.2 Å². The van der Waals surface area contributed by atoms with E-state index in [-0.39, 0.29) is 17.9 Å². The number of amides is 2. The van der Waals surface area contributed by atoms with Crippen LogP contribution in [-0.4, -0.2) is 31.4 Å². The molecule has 134 valence electrons. The Hall–Kier alpha value is -2.66. The van der Waals surface area contributed by atoms with Gasteiger partial charge >= 0.3 is 0 Å². The number of hydrogen-bond acceptors (Lipinski definition) is 3. The fraction of sp³-hybridized carbons (Fsp3) is 0.333. The van der Waals surface area contributed by atoms with E-state index in [9.17, 15) is 9.59 Å². The van der Waals surface area contributed by atoms with Crippen LogP contribution < -0.4 is 15.5 Å². The number of carbonyl (C=O) groups is 2. The SMILES string of the molecule is CNC(C)C(=O)NC1C(=O)N2CCCc3cccc(c32)-c2ccccc21. The second kappa shape index (κ2) is 6.57. The van der Waals surface area contributed by atoms with Gasteiger partial charge in [0.05, 0.1) is 11.7 Å². The van der Waals surface area contributed by atoms with Crippen LogP contribution in [0, 0.1) is 0 Å². The van der Waals surface area contributed by atoms with E-state index in [2.05, 4.69) is 28.8 Å². The van der Waals surface area contributed by atoms with Gasteiger partial charge in [0.15, 0.2) is 0 Å². The van der Waals surface area contributed by atoms with Crippen LogP contribution in [0.25, 0.3) is 11.1 Å². The maximum Gasteiger partial charge on any atom is 0.254 e. The zero-order valence-electron chi connectivity index (χ0n) is 15.1. The summed E-state index contributed by atoms with van der Waals surface area (Å²) in [6, 6.07) is 13.1. The second-order valence-corrected chi connectivity index (χ2v) is 6.95. The van der Waals surface area contributed by atoms with Crippen LogP contribution in [0.15, 0.2) is 42.5 Å². The predicted molar refractivity (Wildman–Crippen MR) is 102 cm³/mol. The fourth-order valence-electron chi connectivity index (χ4n) is 3.91. The van der Waals surface area contributed by atoms with Crippen molar-refractivity contribution in [2.75, 3.05) is 18.5 Å². The van der Waals surface area contributed by atoms with Crippen molar-refractivity contribution in [1.29, 1.82) is 0 Å². The van der Waals surface area contributed by atoms with Crippen molar-refractivity contribution in [3.8, 4) is 11.1 Å². The smallest absolute Gasteiger partial charge is 0.254 e. The molecule has 5 nitrogen and oxygen atoms in total. The molecule has 2 atom stereocenters. The Labute approximate surface area is 153 Å². The van der Waals surface area contributed by atoms with Gasteiger partial charge in [0.25, 0.3) is 5.91 Å². The minimum Gasteiger partial charge on any atom is -0.339 e. The molecule has 2 heterocycles. The second-order valence-electron chi connectivity index (χ2n) is 6.95. The first-order chi connectivity index (χ1) is 12.6. The summed E-state index contributed by atoms with van der Waals surface area (Å²) in [7, 11) is 1.74. The van der Waals surface area contributed by atoms with Gasteiger partial charge in [-0.15, -0.1) is 0 Å². The highest BCUT2D eigenvalue weighted by Crippen LogP contribution is 2.43. The number of para-hydroxylation sites is 1. The fourth-order valence-corrected chi connectivity index (χ4v) is 3.91. The lowest BCUT2D eigenvalue weighted by Crippen LogP contribution is -2.48. The summed E-state index contributed by atoms with van der Waals surface area (Å²) in [5.74, 6) is -0.233. The van der Waals surface area contributed by atoms with Gasteiger partial charge in [-0.1, -0.05) is 42.5 Å². The van der Waals surface area contributed by atoms with Crippen LogP contribution >= 0.6 is 0 Å². The van der Waals surface area contributed by atoms with Gasteiger partial charge in [0.1, 0.15) is 6.04 Å². The van der Waals surface area contributed by atoms with E-state index >= 15 is 0 Å². The van der Waals surface area contributed by atoms with Crippen LogP contribution in [0.3, 0.4) is 0 Å². The molecule has 2 unspecified atom stereocenters. The third-order valence-corrected chi connectivity index (χ3v) is 5.41. The highest BCUT2D eigenvalue weighted by Gasteiger charge is 2.37. The van der Waals surface area contributed by atoms with Crippen molar-refractivity contribution in [3.05, 3.63) is 53.6 Å². The molecule has 0 saturated carbocycles. The van der Waals surface area contributed by atoms with Crippen LogP contribution in [0.1, 0.15) is 30.5 Å². The molecule has 2 aromatic carbocycles. The average molecular weight is 349 g/mol. The Balaban J connectivity index is 1.88. The number of nitrogens with zero attached hydrogens (tertiary/aromatic N) is 1. The maximum atomic E-state index is 13.4. The molecule has 2 aromatic rings. The van der Waals surface area contributed by atoms with Crippen molar-refractivity contribution in [3.63, 3.8) is 0 Å². The number of anilines is 1. The van der Waals surface area contributed by atoms with Gasteiger partial charge in [-0.3, -0.25) is 9.59 Å². The number of hydrogen-bond donors (Lipinski definition) is 2. The molecule has 2 aliphatic rings. The van der Waals surface area contributed by atoms with E-state index in [1.807, 2.05) is 29.2 Å². The van der Waals surface area contributed by atoms with E-state index in [0.29, 0.717) is 6.54 Å². The van der Waals surface area contributed by atoms with Crippen LogP contribution in [0.5, 0.6) is 0 Å². The van der Waals surface area contributed by atoms with Gasteiger partial charge in [0.2, 0.25) is 5.91 Å². The summed E-state index contributed by atoms with van der Waals surface area (Å²) in [6.45, 7) is 2.47. The highest BCUT2D eigenvalue weighted by molar-refractivity contribution is 6.07. The summed E-state index contributed by atoms with van der Waals surface area (Å²) in [5.41, 5.74) is 5.16. The lowest BCUT2D eigenvalue weighted by atomic mass is 9.92. The van der Waals surface area contributed by atoms with E-state index < -0.39 is 6.04 Å². The molecule has 0 bridgehead atoms. The first kappa shape index (κ1) is 16.8. The Kier molecular flexibility index (Phi) is 4.24. The van der Waals surface area contributed by atoms with Crippen molar-refractivity contribution in [1.82, 2.24) is 10.6 Å². The third kappa shape index (κ3) is 2.59. The molecular formula is C21H23N3O2. The number of rotatable bonds is 3. The van der Waals surface area contributed by atoms with Gasteiger partial charge in [0, 0.05) is 12.1 Å². The molecule has 5 heteroatoms. The normalized spacial score (nSPS) is 19.2. The van der Waals surface area contributed by atoms with E-state index in [1.54, 1.807) is 14.0 Å². The number of fused-ring (bicyclic) bond motifs is 2. The summed E-state index contributed by atoms with van der Waals surface area (Å²) in [5, 5.41) is 5.90. The molecule has 2 aliphatic heterocycles. The summed E-state index contributed by atoms with van der Waals surface area (Å²) in [4.78, 5) is 27.8. The molecule has 0 spiro atoms. The summed E-state index contributed by atoms with van der Waals surface area (Å²) in [6.07, 6.45) is 1.91. The minimum absolute atomic E-state index is 0.0556. The van der Waals surface area contributed by atoms with Crippen molar-refractivity contribution < 1.29 is 9.59 Å². The molecule has 2 amide bonds.